The van der Waals surface area contributed by atoms with Crippen molar-refractivity contribution in [2.75, 3.05) is 13.1 Å². The molecule has 102 valence electrons. The second-order valence-electron chi connectivity index (χ2n) is 4.97. The summed E-state index contributed by atoms with van der Waals surface area (Å²) in [6, 6.07) is 0.194. The molecule has 0 aliphatic carbocycles. The van der Waals surface area contributed by atoms with Crippen molar-refractivity contribution in [1.29, 1.82) is 0 Å². The summed E-state index contributed by atoms with van der Waals surface area (Å²) in [7, 11) is 1.96. The molecule has 0 spiro atoms. The van der Waals surface area contributed by atoms with Gasteiger partial charge in [-0.1, -0.05) is 0 Å². The molecule has 0 fully saturated rings. The van der Waals surface area contributed by atoms with E-state index in [1.54, 1.807) is 6.33 Å². The Morgan fingerprint density at radius 3 is 2.95 bits per heavy atom. The van der Waals surface area contributed by atoms with Crippen LogP contribution in [0.1, 0.15) is 23.1 Å². The minimum absolute atomic E-state index is 0.194. The highest BCUT2D eigenvalue weighted by molar-refractivity contribution is 5.21. The summed E-state index contributed by atoms with van der Waals surface area (Å²) >= 11 is 0. The van der Waals surface area contributed by atoms with Crippen molar-refractivity contribution in [3.8, 4) is 0 Å². The second-order valence-corrected chi connectivity index (χ2v) is 4.97. The molecule has 1 unspecified atom stereocenters. The predicted molar refractivity (Wildman–Crippen MR) is 70.2 cm³/mol. The molecule has 1 aliphatic rings. The normalized spacial score (nSPS) is 17.4. The summed E-state index contributed by atoms with van der Waals surface area (Å²) < 4.78 is 3.99. The van der Waals surface area contributed by atoms with Crippen LogP contribution in [-0.2, 0) is 20.1 Å². The Labute approximate surface area is 112 Å². The van der Waals surface area contributed by atoms with Gasteiger partial charge >= 0.3 is 0 Å². The van der Waals surface area contributed by atoms with Gasteiger partial charge in [0.15, 0.2) is 0 Å². The van der Waals surface area contributed by atoms with Crippen LogP contribution >= 0.6 is 0 Å². The number of aryl methyl sites for hydroxylation is 1. The third-order valence-corrected chi connectivity index (χ3v) is 3.96. The quantitative estimate of drug-likeness (QED) is 0.830. The first-order valence-corrected chi connectivity index (χ1v) is 6.50. The molecular formula is C12H19N7. The minimum atomic E-state index is 0.194. The van der Waals surface area contributed by atoms with Gasteiger partial charge in [-0.2, -0.15) is 5.10 Å². The fourth-order valence-electron chi connectivity index (χ4n) is 2.67. The number of rotatable bonds is 3. The molecule has 7 nitrogen and oxygen atoms in total. The lowest BCUT2D eigenvalue weighted by Gasteiger charge is -2.33. The van der Waals surface area contributed by atoms with E-state index in [-0.39, 0.29) is 6.04 Å². The van der Waals surface area contributed by atoms with Crippen LogP contribution in [0.15, 0.2) is 12.5 Å². The second kappa shape index (κ2) is 4.75. The minimum Gasteiger partial charge on any atom is -0.329 e. The molecule has 0 saturated heterocycles. The van der Waals surface area contributed by atoms with E-state index in [9.17, 15) is 0 Å². The maximum Gasteiger partial charge on any atom is 0.147 e. The van der Waals surface area contributed by atoms with Gasteiger partial charge in [0.2, 0.25) is 0 Å². The summed E-state index contributed by atoms with van der Waals surface area (Å²) in [4.78, 5) is 2.36. The molecule has 1 atom stereocenters. The fraction of sp³-hybridized carbons (Fsp3) is 0.583. The molecule has 2 aromatic heterocycles. The van der Waals surface area contributed by atoms with Gasteiger partial charge in [0, 0.05) is 37.9 Å². The summed E-state index contributed by atoms with van der Waals surface area (Å²) in [6.45, 7) is 5.33. The molecule has 7 heteroatoms. The third-order valence-electron chi connectivity index (χ3n) is 3.96. The molecule has 2 aromatic rings. The van der Waals surface area contributed by atoms with E-state index in [1.807, 2.05) is 17.9 Å². The summed E-state index contributed by atoms with van der Waals surface area (Å²) in [6.07, 6.45) is 3.71. The van der Waals surface area contributed by atoms with Crippen molar-refractivity contribution in [1.82, 2.24) is 29.4 Å². The Kier molecular flexibility index (Phi) is 3.08. The molecule has 0 aromatic carbocycles. The van der Waals surface area contributed by atoms with Crippen molar-refractivity contribution < 1.29 is 0 Å². The lowest BCUT2D eigenvalue weighted by molar-refractivity contribution is 0.156. The lowest BCUT2D eigenvalue weighted by atomic mass is 10.1. The van der Waals surface area contributed by atoms with Gasteiger partial charge < -0.3 is 10.3 Å². The van der Waals surface area contributed by atoms with E-state index in [1.165, 1.54) is 11.3 Å². The first-order valence-electron chi connectivity index (χ1n) is 6.50. The number of hydrogen-bond acceptors (Lipinski definition) is 5. The van der Waals surface area contributed by atoms with Gasteiger partial charge in [0.1, 0.15) is 12.2 Å². The van der Waals surface area contributed by atoms with Crippen molar-refractivity contribution >= 4 is 0 Å². The van der Waals surface area contributed by atoms with E-state index in [4.69, 9.17) is 5.73 Å². The van der Waals surface area contributed by atoms with Crippen LogP contribution in [0.2, 0.25) is 0 Å². The first-order chi connectivity index (χ1) is 9.20. The molecule has 3 rings (SSSR count). The Hall–Kier alpha value is -1.73. The Balaban J connectivity index is 1.86. The average Bonchev–Trinajstić information content (AvgIpc) is 3.00. The highest BCUT2D eigenvalue weighted by atomic mass is 15.3. The molecule has 2 N–H and O–H groups in total. The highest BCUT2D eigenvalue weighted by Crippen LogP contribution is 2.25. The van der Waals surface area contributed by atoms with Gasteiger partial charge in [0.05, 0.1) is 18.8 Å². The van der Waals surface area contributed by atoms with E-state index >= 15 is 0 Å². The number of nitrogens with zero attached hydrogens (tertiary/aromatic N) is 6. The fourth-order valence-corrected chi connectivity index (χ4v) is 2.67. The van der Waals surface area contributed by atoms with E-state index in [0.717, 1.165) is 25.5 Å². The van der Waals surface area contributed by atoms with Crippen molar-refractivity contribution in [3.05, 3.63) is 29.6 Å². The zero-order valence-electron chi connectivity index (χ0n) is 11.3. The summed E-state index contributed by atoms with van der Waals surface area (Å²) in [5, 5.41) is 12.4. The summed E-state index contributed by atoms with van der Waals surface area (Å²) in [5.74, 6) is 1.01. The molecular weight excluding hydrogens is 242 g/mol. The van der Waals surface area contributed by atoms with Crippen LogP contribution in [0.5, 0.6) is 0 Å². The largest absolute Gasteiger partial charge is 0.329 e. The van der Waals surface area contributed by atoms with Gasteiger partial charge in [-0.3, -0.25) is 9.58 Å². The monoisotopic (exact) mass is 261 g/mol. The van der Waals surface area contributed by atoms with E-state index in [0.29, 0.717) is 6.54 Å². The Morgan fingerprint density at radius 2 is 2.26 bits per heavy atom. The molecule has 3 heterocycles. The van der Waals surface area contributed by atoms with Crippen LogP contribution < -0.4 is 5.73 Å². The predicted octanol–water partition coefficient (Wildman–Crippen LogP) is -0.164. The zero-order chi connectivity index (χ0) is 13.4. The van der Waals surface area contributed by atoms with Crippen LogP contribution in [-0.4, -0.2) is 42.5 Å². The molecule has 0 bridgehead atoms. The molecule has 19 heavy (non-hydrogen) atoms. The van der Waals surface area contributed by atoms with Gasteiger partial charge in [0.25, 0.3) is 0 Å². The van der Waals surface area contributed by atoms with Gasteiger partial charge in [-0.05, 0) is 6.92 Å². The average molecular weight is 261 g/mol. The lowest BCUT2D eigenvalue weighted by Crippen LogP contribution is -2.39. The highest BCUT2D eigenvalue weighted by Gasteiger charge is 2.26. The van der Waals surface area contributed by atoms with Crippen molar-refractivity contribution in [2.24, 2.45) is 12.8 Å². The molecule has 1 aliphatic heterocycles. The van der Waals surface area contributed by atoms with Gasteiger partial charge in [-0.25, -0.2) is 0 Å². The first kappa shape index (κ1) is 12.3. The standard InChI is InChI=1S/C12H19N7/c1-9-10(6-15-17(9)2)11(5-13)18-3-4-19-8-14-16-12(19)7-18/h6,8,11H,3-5,7,13H2,1-2H3. The number of hydrogen-bond donors (Lipinski definition) is 1. The molecule has 0 amide bonds. The van der Waals surface area contributed by atoms with Crippen LogP contribution in [0.25, 0.3) is 0 Å². The number of aromatic nitrogens is 5. The van der Waals surface area contributed by atoms with Crippen molar-refractivity contribution in [2.45, 2.75) is 26.1 Å². The molecule has 0 saturated carbocycles. The Bertz CT molecular complexity index is 570. The van der Waals surface area contributed by atoms with E-state index < -0.39 is 0 Å². The van der Waals surface area contributed by atoms with E-state index in [2.05, 4.69) is 31.7 Å². The number of nitrogens with two attached hydrogens (primary N) is 1. The zero-order valence-corrected chi connectivity index (χ0v) is 11.3. The smallest absolute Gasteiger partial charge is 0.147 e. The van der Waals surface area contributed by atoms with Crippen LogP contribution in [0.4, 0.5) is 0 Å². The molecule has 0 radical (unpaired) electrons. The maximum absolute atomic E-state index is 5.99. The maximum atomic E-state index is 5.99. The Morgan fingerprint density at radius 1 is 1.42 bits per heavy atom. The number of fused-ring (bicyclic) bond motifs is 1. The topological polar surface area (TPSA) is 77.8 Å². The summed E-state index contributed by atoms with van der Waals surface area (Å²) in [5.41, 5.74) is 8.36. The van der Waals surface area contributed by atoms with Crippen LogP contribution in [0, 0.1) is 6.92 Å². The van der Waals surface area contributed by atoms with Crippen molar-refractivity contribution in [3.63, 3.8) is 0 Å². The van der Waals surface area contributed by atoms with Crippen LogP contribution in [0.3, 0.4) is 0 Å². The third kappa shape index (κ3) is 2.04. The SMILES string of the molecule is Cc1c(C(CN)N2CCn3cnnc3C2)cnn1C. The van der Waals surface area contributed by atoms with Gasteiger partial charge in [-0.15, -0.1) is 10.2 Å².